The van der Waals surface area contributed by atoms with Gasteiger partial charge in [0.05, 0.1) is 11.7 Å². The van der Waals surface area contributed by atoms with Gasteiger partial charge in [-0.25, -0.2) is 0 Å². The molecule has 0 fully saturated rings. The van der Waals surface area contributed by atoms with Crippen LogP contribution in [0.5, 0.6) is 0 Å². The first-order valence-corrected chi connectivity index (χ1v) is 5.38. The van der Waals surface area contributed by atoms with Gasteiger partial charge in [-0.2, -0.15) is 5.10 Å². The van der Waals surface area contributed by atoms with Gasteiger partial charge in [-0.05, 0) is 39.8 Å². The quantitative estimate of drug-likeness (QED) is 0.729. The van der Waals surface area contributed by atoms with Gasteiger partial charge in [0, 0.05) is 12.2 Å². The molecule has 0 spiro atoms. The van der Waals surface area contributed by atoms with Gasteiger partial charge in [0.15, 0.2) is 0 Å². The van der Waals surface area contributed by atoms with Crippen molar-refractivity contribution in [3.63, 3.8) is 0 Å². The van der Waals surface area contributed by atoms with E-state index < -0.39 is 0 Å². The highest BCUT2D eigenvalue weighted by molar-refractivity contribution is 5.07. The first kappa shape index (κ1) is 11.2. The highest BCUT2D eigenvalue weighted by atomic mass is 15.3. The molecule has 80 valence electrons. The molecule has 0 radical (unpaired) electrons. The van der Waals surface area contributed by atoms with Crippen molar-refractivity contribution in [3.05, 3.63) is 17.5 Å². The van der Waals surface area contributed by atoms with Crippen LogP contribution in [-0.2, 0) is 0 Å². The molecule has 0 aliphatic rings. The van der Waals surface area contributed by atoms with Crippen LogP contribution in [0.3, 0.4) is 0 Å². The highest BCUT2D eigenvalue weighted by Gasteiger charge is 2.07. The number of aromatic nitrogens is 2. The predicted octanol–water partition coefficient (Wildman–Crippen LogP) is 2.06. The molecule has 0 aliphatic heterocycles. The Morgan fingerprint density at radius 1 is 1.50 bits per heavy atom. The van der Waals surface area contributed by atoms with E-state index in [9.17, 15) is 0 Å². The number of nitrogens with zero attached hydrogens (tertiary/aromatic N) is 2. The van der Waals surface area contributed by atoms with E-state index in [1.165, 1.54) is 12.1 Å². The Hall–Kier alpha value is -0.830. The van der Waals surface area contributed by atoms with Gasteiger partial charge >= 0.3 is 0 Å². The Labute approximate surface area is 86.5 Å². The maximum atomic E-state index is 4.47. The summed E-state index contributed by atoms with van der Waals surface area (Å²) in [7, 11) is 0. The molecule has 1 atom stereocenters. The van der Waals surface area contributed by atoms with E-state index in [1.807, 2.05) is 6.92 Å². The monoisotopic (exact) mass is 195 g/mol. The van der Waals surface area contributed by atoms with E-state index >= 15 is 0 Å². The molecule has 0 saturated carbocycles. The van der Waals surface area contributed by atoms with E-state index in [4.69, 9.17) is 0 Å². The van der Waals surface area contributed by atoms with Crippen molar-refractivity contribution in [1.29, 1.82) is 0 Å². The second-order valence-corrected chi connectivity index (χ2v) is 3.92. The van der Waals surface area contributed by atoms with Crippen molar-refractivity contribution in [2.75, 3.05) is 13.1 Å². The Kier molecular flexibility index (Phi) is 4.14. The molecule has 1 rings (SSSR count). The zero-order chi connectivity index (χ0) is 10.6. The average Bonchev–Trinajstić information content (AvgIpc) is 2.45. The molecule has 1 aromatic heterocycles. The number of rotatable bonds is 5. The number of hydrogen-bond acceptors (Lipinski definition) is 2. The van der Waals surface area contributed by atoms with Gasteiger partial charge in [0.2, 0.25) is 0 Å². The zero-order valence-corrected chi connectivity index (χ0v) is 9.67. The fraction of sp³-hybridized carbons (Fsp3) is 0.727. The molecule has 1 aromatic rings. The lowest BCUT2D eigenvalue weighted by atomic mass is 10.3. The fourth-order valence-corrected chi connectivity index (χ4v) is 1.67. The smallest absolute Gasteiger partial charge is 0.0618 e. The number of hydrogen-bond donors (Lipinski definition) is 1. The van der Waals surface area contributed by atoms with Gasteiger partial charge in [-0.1, -0.05) is 6.92 Å². The standard InChI is InChI=1S/C11H21N3/c1-5-6-12-8-11(4)14-10(3)7-9(2)13-14/h7,11-12H,5-6,8H2,1-4H3. The fourth-order valence-electron chi connectivity index (χ4n) is 1.67. The molecule has 14 heavy (non-hydrogen) atoms. The lowest BCUT2D eigenvalue weighted by Crippen LogP contribution is -2.25. The lowest BCUT2D eigenvalue weighted by molar-refractivity contribution is 0.444. The summed E-state index contributed by atoms with van der Waals surface area (Å²) in [5, 5.41) is 7.87. The molecule has 0 bridgehead atoms. The summed E-state index contributed by atoms with van der Waals surface area (Å²) < 4.78 is 2.10. The topological polar surface area (TPSA) is 29.9 Å². The molecule has 0 aliphatic carbocycles. The summed E-state index contributed by atoms with van der Waals surface area (Å²) in [4.78, 5) is 0. The van der Waals surface area contributed by atoms with E-state index in [0.717, 1.165) is 18.8 Å². The first-order valence-electron chi connectivity index (χ1n) is 5.38. The van der Waals surface area contributed by atoms with Crippen LogP contribution in [0.25, 0.3) is 0 Å². The molecule has 0 saturated heterocycles. The van der Waals surface area contributed by atoms with Crippen molar-refractivity contribution in [1.82, 2.24) is 15.1 Å². The van der Waals surface area contributed by atoms with Crippen molar-refractivity contribution < 1.29 is 0 Å². The minimum atomic E-state index is 0.440. The summed E-state index contributed by atoms with van der Waals surface area (Å²) >= 11 is 0. The normalized spacial score (nSPS) is 13.1. The third kappa shape index (κ3) is 2.84. The van der Waals surface area contributed by atoms with Crippen LogP contribution < -0.4 is 5.32 Å². The second-order valence-electron chi connectivity index (χ2n) is 3.92. The minimum Gasteiger partial charge on any atom is -0.315 e. The van der Waals surface area contributed by atoms with Crippen molar-refractivity contribution in [2.24, 2.45) is 0 Å². The molecular weight excluding hydrogens is 174 g/mol. The Morgan fingerprint density at radius 2 is 2.21 bits per heavy atom. The van der Waals surface area contributed by atoms with Crippen molar-refractivity contribution >= 4 is 0 Å². The maximum absolute atomic E-state index is 4.47. The van der Waals surface area contributed by atoms with Gasteiger partial charge in [-0.3, -0.25) is 4.68 Å². The van der Waals surface area contributed by atoms with E-state index in [1.54, 1.807) is 0 Å². The largest absolute Gasteiger partial charge is 0.315 e. The maximum Gasteiger partial charge on any atom is 0.0618 e. The Balaban J connectivity index is 2.51. The molecule has 3 heteroatoms. The van der Waals surface area contributed by atoms with Gasteiger partial charge in [0.1, 0.15) is 0 Å². The third-order valence-electron chi connectivity index (χ3n) is 2.33. The van der Waals surface area contributed by atoms with Crippen LogP contribution in [0.1, 0.15) is 37.7 Å². The van der Waals surface area contributed by atoms with Crippen LogP contribution >= 0.6 is 0 Å². The number of nitrogens with one attached hydrogen (secondary N) is 1. The summed E-state index contributed by atoms with van der Waals surface area (Å²) in [6, 6.07) is 2.56. The molecule has 1 N–H and O–H groups in total. The lowest BCUT2D eigenvalue weighted by Gasteiger charge is -2.14. The third-order valence-corrected chi connectivity index (χ3v) is 2.33. The molecule has 0 amide bonds. The Morgan fingerprint density at radius 3 is 2.71 bits per heavy atom. The van der Waals surface area contributed by atoms with E-state index in [0.29, 0.717) is 6.04 Å². The highest BCUT2D eigenvalue weighted by Crippen LogP contribution is 2.09. The van der Waals surface area contributed by atoms with Gasteiger partial charge in [-0.15, -0.1) is 0 Å². The predicted molar refractivity (Wildman–Crippen MR) is 59.6 cm³/mol. The molecule has 3 nitrogen and oxygen atoms in total. The van der Waals surface area contributed by atoms with Crippen LogP contribution in [0, 0.1) is 13.8 Å². The zero-order valence-electron chi connectivity index (χ0n) is 9.67. The SMILES string of the molecule is CCCNCC(C)n1nc(C)cc1C. The Bertz CT molecular complexity index is 278. The van der Waals surface area contributed by atoms with Crippen molar-refractivity contribution in [2.45, 2.75) is 40.2 Å². The van der Waals surface area contributed by atoms with E-state index in [-0.39, 0.29) is 0 Å². The summed E-state index contributed by atoms with van der Waals surface area (Å²) in [5.41, 5.74) is 2.35. The van der Waals surface area contributed by atoms with Crippen LogP contribution in [0.15, 0.2) is 6.07 Å². The van der Waals surface area contributed by atoms with Crippen LogP contribution in [0.2, 0.25) is 0 Å². The van der Waals surface area contributed by atoms with E-state index in [2.05, 4.69) is 41.9 Å². The van der Waals surface area contributed by atoms with Gasteiger partial charge in [0.25, 0.3) is 0 Å². The minimum absolute atomic E-state index is 0.440. The second kappa shape index (κ2) is 5.15. The van der Waals surface area contributed by atoms with Crippen LogP contribution in [-0.4, -0.2) is 22.9 Å². The van der Waals surface area contributed by atoms with Crippen molar-refractivity contribution in [3.8, 4) is 0 Å². The molecule has 0 aromatic carbocycles. The first-order chi connectivity index (χ1) is 6.65. The number of aryl methyl sites for hydroxylation is 2. The summed E-state index contributed by atoms with van der Waals surface area (Å²) in [5.74, 6) is 0. The van der Waals surface area contributed by atoms with Crippen LogP contribution in [0.4, 0.5) is 0 Å². The van der Waals surface area contributed by atoms with Gasteiger partial charge < -0.3 is 5.32 Å². The average molecular weight is 195 g/mol. The summed E-state index contributed by atoms with van der Waals surface area (Å²) in [6.07, 6.45) is 1.18. The molecule has 1 unspecified atom stereocenters. The molecule has 1 heterocycles. The summed E-state index contributed by atoms with van der Waals surface area (Å²) in [6.45, 7) is 10.6. The molecular formula is C11H21N3.